The third-order valence-electron chi connectivity index (χ3n) is 2.49. The molecule has 0 fully saturated rings. The first-order chi connectivity index (χ1) is 7.92. The first-order valence-corrected chi connectivity index (χ1v) is 6.23. The number of hydrogen-bond donors (Lipinski definition) is 2. The second-order valence-corrected chi connectivity index (χ2v) is 4.34. The highest BCUT2D eigenvalue weighted by Crippen LogP contribution is 1.94. The molecular weight excluding hydrogens is 218 g/mol. The zero-order valence-electron chi connectivity index (χ0n) is 11.5. The minimum atomic E-state index is -0.462. The van der Waals surface area contributed by atoms with E-state index < -0.39 is 6.04 Å². The van der Waals surface area contributed by atoms with Gasteiger partial charge in [0.05, 0.1) is 6.54 Å². The molecule has 100 valence electrons. The molecule has 0 bridgehead atoms. The van der Waals surface area contributed by atoms with Crippen molar-refractivity contribution in [3.05, 3.63) is 0 Å². The number of amides is 2. The Labute approximate surface area is 104 Å². The van der Waals surface area contributed by atoms with E-state index >= 15 is 0 Å². The summed E-state index contributed by atoms with van der Waals surface area (Å²) in [6.45, 7) is 11.1. The van der Waals surface area contributed by atoms with Crippen molar-refractivity contribution in [2.45, 2.75) is 46.7 Å². The summed E-state index contributed by atoms with van der Waals surface area (Å²) in [4.78, 5) is 25.1. The van der Waals surface area contributed by atoms with E-state index in [1.807, 2.05) is 27.7 Å². The van der Waals surface area contributed by atoms with E-state index in [1.165, 1.54) is 0 Å². The van der Waals surface area contributed by atoms with Gasteiger partial charge in [0.1, 0.15) is 6.04 Å². The van der Waals surface area contributed by atoms with E-state index in [0.717, 1.165) is 0 Å². The van der Waals surface area contributed by atoms with Crippen LogP contribution in [0.5, 0.6) is 0 Å². The number of hydrogen-bond acceptors (Lipinski definition) is 3. The molecule has 1 atom stereocenters. The van der Waals surface area contributed by atoms with Crippen LogP contribution >= 0.6 is 0 Å². The number of nitrogens with zero attached hydrogens (tertiary/aromatic N) is 1. The van der Waals surface area contributed by atoms with E-state index in [2.05, 4.69) is 10.6 Å². The molecule has 0 aromatic heterocycles. The van der Waals surface area contributed by atoms with E-state index in [4.69, 9.17) is 0 Å². The van der Waals surface area contributed by atoms with Crippen molar-refractivity contribution < 1.29 is 9.59 Å². The van der Waals surface area contributed by atoms with Gasteiger partial charge in [-0.15, -0.1) is 0 Å². The molecule has 5 nitrogen and oxygen atoms in total. The second-order valence-electron chi connectivity index (χ2n) is 4.34. The molecule has 0 spiro atoms. The zero-order chi connectivity index (χ0) is 13.4. The standard InChI is InChI=1S/C12H25N3O2/c1-6-15(7-2)12(17)10(5)14-11(16)8-13-9(3)4/h9-10,13H,6-8H2,1-5H3,(H,14,16). The van der Waals surface area contributed by atoms with E-state index in [9.17, 15) is 9.59 Å². The van der Waals surface area contributed by atoms with Crippen LogP contribution < -0.4 is 10.6 Å². The van der Waals surface area contributed by atoms with E-state index in [1.54, 1.807) is 11.8 Å². The second kappa shape index (κ2) is 8.06. The number of carbonyl (C=O) groups excluding carboxylic acids is 2. The fourth-order valence-electron chi connectivity index (χ4n) is 1.46. The summed E-state index contributed by atoms with van der Waals surface area (Å²) in [5.41, 5.74) is 0. The Bertz CT molecular complexity index is 250. The lowest BCUT2D eigenvalue weighted by Gasteiger charge is -2.23. The van der Waals surface area contributed by atoms with Gasteiger partial charge in [-0.2, -0.15) is 0 Å². The largest absolute Gasteiger partial charge is 0.343 e. The van der Waals surface area contributed by atoms with Crippen LogP contribution in [0, 0.1) is 0 Å². The van der Waals surface area contributed by atoms with Crippen LogP contribution in [0.25, 0.3) is 0 Å². The van der Waals surface area contributed by atoms with Gasteiger partial charge in [0.25, 0.3) is 0 Å². The summed E-state index contributed by atoms with van der Waals surface area (Å²) < 4.78 is 0. The SMILES string of the molecule is CCN(CC)C(=O)C(C)NC(=O)CNC(C)C. The van der Waals surface area contributed by atoms with Crippen molar-refractivity contribution in [2.24, 2.45) is 0 Å². The fraction of sp³-hybridized carbons (Fsp3) is 0.833. The Morgan fingerprint density at radius 2 is 1.65 bits per heavy atom. The highest BCUT2D eigenvalue weighted by Gasteiger charge is 2.19. The molecule has 2 N–H and O–H groups in total. The van der Waals surface area contributed by atoms with Gasteiger partial charge < -0.3 is 15.5 Å². The molecule has 0 aliphatic heterocycles. The highest BCUT2D eigenvalue weighted by molar-refractivity contribution is 5.88. The van der Waals surface area contributed by atoms with Gasteiger partial charge in [0, 0.05) is 19.1 Å². The van der Waals surface area contributed by atoms with Crippen LogP contribution in [0.3, 0.4) is 0 Å². The maximum absolute atomic E-state index is 11.9. The van der Waals surface area contributed by atoms with Gasteiger partial charge in [-0.1, -0.05) is 13.8 Å². The number of carbonyl (C=O) groups is 2. The van der Waals surface area contributed by atoms with Gasteiger partial charge in [-0.3, -0.25) is 9.59 Å². The minimum absolute atomic E-state index is 0.0344. The summed E-state index contributed by atoms with van der Waals surface area (Å²) in [6.07, 6.45) is 0. The van der Waals surface area contributed by atoms with Crippen molar-refractivity contribution in [3.63, 3.8) is 0 Å². The average Bonchev–Trinajstić information content (AvgIpc) is 2.27. The number of likely N-dealkylation sites (N-methyl/N-ethyl adjacent to an activating group) is 1. The summed E-state index contributed by atoms with van der Waals surface area (Å²) in [5, 5.41) is 5.70. The summed E-state index contributed by atoms with van der Waals surface area (Å²) >= 11 is 0. The van der Waals surface area contributed by atoms with Crippen LogP contribution in [-0.2, 0) is 9.59 Å². The van der Waals surface area contributed by atoms with Crippen LogP contribution in [-0.4, -0.2) is 48.4 Å². The van der Waals surface area contributed by atoms with Crippen molar-refractivity contribution >= 4 is 11.8 Å². The topological polar surface area (TPSA) is 61.4 Å². The first kappa shape index (κ1) is 15.9. The predicted octanol–water partition coefficient (Wildman–Crippen LogP) is 0.358. The average molecular weight is 243 g/mol. The Balaban J connectivity index is 4.11. The number of nitrogens with one attached hydrogen (secondary N) is 2. The molecule has 0 saturated carbocycles. The molecule has 0 radical (unpaired) electrons. The van der Waals surface area contributed by atoms with Crippen LogP contribution in [0.2, 0.25) is 0 Å². The molecule has 5 heteroatoms. The molecule has 0 heterocycles. The van der Waals surface area contributed by atoms with Crippen molar-refractivity contribution in [2.75, 3.05) is 19.6 Å². The lowest BCUT2D eigenvalue weighted by Crippen LogP contribution is -2.49. The summed E-state index contributed by atoms with van der Waals surface area (Å²) in [5.74, 6) is -0.181. The Morgan fingerprint density at radius 3 is 2.06 bits per heavy atom. The van der Waals surface area contributed by atoms with Gasteiger partial charge in [0.2, 0.25) is 11.8 Å². The van der Waals surface area contributed by atoms with Crippen molar-refractivity contribution in [1.82, 2.24) is 15.5 Å². The fourth-order valence-corrected chi connectivity index (χ4v) is 1.46. The third kappa shape index (κ3) is 6.26. The lowest BCUT2D eigenvalue weighted by molar-refractivity contribution is -0.135. The van der Waals surface area contributed by atoms with Gasteiger partial charge in [-0.25, -0.2) is 0 Å². The Kier molecular flexibility index (Phi) is 7.54. The van der Waals surface area contributed by atoms with E-state index in [0.29, 0.717) is 13.1 Å². The maximum atomic E-state index is 11.9. The minimum Gasteiger partial charge on any atom is -0.343 e. The lowest BCUT2D eigenvalue weighted by atomic mass is 10.2. The summed E-state index contributed by atoms with van der Waals surface area (Å²) in [7, 11) is 0. The first-order valence-electron chi connectivity index (χ1n) is 6.23. The zero-order valence-corrected chi connectivity index (χ0v) is 11.5. The molecule has 0 aromatic carbocycles. The Hall–Kier alpha value is -1.10. The quantitative estimate of drug-likeness (QED) is 0.678. The molecule has 1 unspecified atom stereocenters. The van der Waals surface area contributed by atoms with Crippen LogP contribution in [0.1, 0.15) is 34.6 Å². The normalized spacial score (nSPS) is 12.4. The van der Waals surface area contributed by atoms with Crippen molar-refractivity contribution in [1.29, 1.82) is 0 Å². The molecule has 17 heavy (non-hydrogen) atoms. The number of rotatable bonds is 7. The van der Waals surface area contributed by atoms with Gasteiger partial charge >= 0.3 is 0 Å². The molecule has 0 aliphatic carbocycles. The monoisotopic (exact) mass is 243 g/mol. The summed E-state index contributed by atoms with van der Waals surface area (Å²) in [6, 6.07) is -0.203. The molecular formula is C12H25N3O2. The molecule has 0 saturated heterocycles. The van der Waals surface area contributed by atoms with Crippen LogP contribution in [0.15, 0.2) is 0 Å². The maximum Gasteiger partial charge on any atom is 0.244 e. The Morgan fingerprint density at radius 1 is 1.12 bits per heavy atom. The van der Waals surface area contributed by atoms with Gasteiger partial charge in [-0.05, 0) is 20.8 Å². The third-order valence-corrected chi connectivity index (χ3v) is 2.49. The highest BCUT2D eigenvalue weighted by atomic mass is 16.2. The van der Waals surface area contributed by atoms with Crippen LogP contribution in [0.4, 0.5) is 0 Å². The molecule has 2 amide bonds. The smallest absolute Gasteiger partial charge is 0.244 e. The molecule has 0 rings (SSSR count). The van der Waals surface area contributed by atoms with Gasteiger partial charge in [0.15, 0.2) is 0 Å². The molecule has 0 aliphatic rings. The predicted molar refractivity (Wildman–Crippen MR) is 68.7 cm³/mol. The van der Waals surface area contributed by atoms with Crippen molar-refractivity contribution in [3.8, 4) is 0 Å². The molecule has 0 aromatic rings. The van der Waals surface area contributed by atoms with E-state index in [-0.39, 0.29) is 24.4 Å².